The Bertz CT molecular complexity index is 1820. The fourth-order valence-electron chi connectivity index (χ4n) is 11.0. The molecule has 24 heteroatoms. The first kappa shape index (κ1) is 99.0. The average molecular weight is 1410 g/mol. The number of aliphatic hydroxyl groups is 1. The second kappa shape index (κ2) is 73.5. The predicted molar refractivity (Wildman–Crippen MR) is 372 cm³/mol. The Morgan fingerprint density at radius 2 is 0.674 bits per heavy atom. The molecule has 0 bridgehead atoms. The third-order valence-electron chi connectivity index (χ3n) is 16.8. The number of phosphoric acid groups is 2. The second-order valence-corrected chi connectivity index (χ2v) is 28.7. The SMILES string of the molecule is CCCCCCCCCCCCCC(=O)N[C@H](COCC[C@@H](CCCCCCC)OC(=O)CCCCCCCCCCC)COP(=O)([O-])OCCNC(=O)NCCOP(=O)([O-])OC[C@H](COCC[C@H](O)CCCCCCC)NC(=O)CCCCCCCCCCCCC.[Na+].[Na+]. The molecule has 0 spiro atoms. The molecule has 2 unspecified atom stereocenters. The summed E-state index contributed by atoms with van der Waals surface area (Å²) >= 11 is 0. The molecule has 0 aromatic carbocycles. The molecule has 0 heterocycles. The number of carbonyl (C=O) groups excluding carboxylic acids is 4. The maximum Gasteiger partial charge on any atom is 1.00 e. The van der Waals surface area contributed by atoms with Crippen LogP contribution in [0.25, 0.3) is 0 Å². The van der Waals surface area contributed by atoms with E-state index in [-0.39, 0.29) is 135 Å². The van der Waals surface area contributed by atoms with Crippen molar-refractivity contribution in [1.82, 2.24) is 21.3 Å². The summed E-state index contributed by atoms with van der Waals surface area (Å²) in [6, 6.07) is -2.40. The maximum atomic E-state index is 13.2. The molecule has 0 saturated heterocycles. The van der Waals surface area contributed by atoms with Gasteiger partial charge in [-0.05, 0) is 44.9 Å². The minimum absolute atomic E-state index is 0. The van der Waals surface area contributed by atoms with Crippen LogP contribution >= 0.6 is 15.6 Å². The van der Waals surface area contributed by atoms with E-state index >= 15 is 0 Å². The number of carbonyl (C=O) groups is 4. The van der Waals surface area contributed by atoms with Crippen LogP contribution in [0, 0.1) is 0 Å². The first-order valence-corrected chi connectivity index (χ1v) is 40.9. The number of phosphoric ester groups is 2. The van der Waals surface area contributed by atoms with Crippen LogP contribution in [0.5, 0.6) is 0 Å². The van der Waals surface area contributed by atoms with E-state index in [0.29, 0.717) is 38.5 Å². The van der Waals surface area contributed by atoms with Crippen LogP contribution < -0.4 is 90.2 Å². The molecule has 95 heavy (non-hydrogen) atoms. The zero-order valence-electron chi connectivity index (χ0n) is 61.8. The van der Waals surface area contributed by atoms with Gasteiger partial charge in [-0.1, -0.05) is 272 Å². The Hall–Kier alpha value is -0.220. The number of rotatable bonds is 73. The van der Waals surface area contributed by atoms with Crippen molar-refractivity contribution in [2.24, 2.45) is 0 Å². The molecule has 0 radical (unpaired) electrons. The number of hydrogen-bond acceptors (Lipinski definition) is 16. The molecular weight excluding hydrogens is 1270 g/mol. The topological polar surface area (TPSA) is 281 Å². The molecule has 552 valence electrons. The van der Waals surface area contributed by atoms with Gasteiger partial charge >= 0.3 is 71.1 Å². The van der Waals surface area contributed by atoms with Crippen LogP contribution in [0.15, 0.2) is 0 Å². The van der Waals surface area contributed by atoms with Crippen molar-refractivity contribution >= 4 is 39.5 Å². The molecule has 4 amide bonds. The molecular formula is C71H140N4Na2O16P2. The summed E-state index contributed by atoms with van der Waals surface area (Å²) in [5, 5.41) is 21.0. The zero-order valence-corrected chi connectivity index (χ0v) is 67.6. The average Bonchev–Trinajstić information content (AvgIpc) is 2.67. The quantitative estimate of drug-likeness (QED) is 0.0164. The molecule has 0 aliphatic carbocycles. The van der Waals surface area contributed by atoms with Crippen LogP contribution in [0.2, 0.25) is 0 Å². The largest absolute Gasteiger partial charge is 1.00 e. The van der Waals surface area contributed by atoms with Gasteiger partial charge in [-0.2, -0.15) is 0 Å². The Morgan fingerprint density at radius 1 is 0.368 bits per heavy atom. The van der Waals surface area contributed by atoms with Gasteiger partial charge in [0.2, 0.25) is 11.8 Å². The molecule has 0 fully saturated rings. The van der Waals surface area contributed by atoms with Gasteiger partial charge in [-0.15, -0.1) is 0 Å². The summed E-state index contributed by atoms with van der Waals surface area (Å²) in [6.07, 6.45) is 48.7. The van der Waals surface area contributed by atoms with Crippen molar-refractivity contribution < 1.29 is 135 Å². The van der Waals surface area contributed by atoms with Gasteiger partial charge < -0.3 is 68.5 Å². The smallest absolute Gasteiger partial charge is 0.756 e. The van der Waals surface area contributed by atoms with E-state index in [9.17, 15) is 43.2 Å². The molecule has 6 atom stereocenters. The van der Waals surface area contributed by atoms with Gasteiger partial charge in [0.25, 0.3) is 15.6 Å². The van der Waals surface area contributed by atoms with Crippen LogP contribution in [-0.4, -0.2) is 119 Å². The molecule has 0 aromatic heterocycles. The molecule has 0 rings (SSSR count). The van der Waals surface area contributed by atoms with Crippen LogP contribution in [-0.2, 0) is 55.8 Å². The molecule has 0 aliphatic heterocycles. The minimum Gasteiger partial charge on any atom is -0.756 e. The summed E-state index contributed by atoms with van der Waals surface area (Å²) < 4.78 is 63.9. The van der Waals surface area contributed by atoms with Crippen LogP contribution in [0.4, 0.5) is 4.79 Å². The Balaban J connectivity index is -0.0000423. The predicted octanol–water partition coefficient (Wildman–Crippen LogP) is 10.4. The number of esters is 1. The summed E-state index contributed by atoms with van der Waals surface area (Å²) in [7, 11) is -9.84. The number of hydrogen-bond donors (Lipinski definition) is 5. The summed E-state index contributed by atoms with van der Waals surface area (Å²) in [5.74, 6) is -0.700. The van der Waals surface area contributed by atoms with Gasteiger partial charge in [0, 0.05) is 45.4 Å². The number of nitrogens with one attached hydrogen (secondary N) is 4. The number of urea groups is 1. The van der Waals surface area contributed by atoms with Crippen molar-refractivity contribution in [3.63, 3.8) is 0 Å². The van der Waals surface area contributed by atoms with E-state index in [2.05, 4.69) is 55.9 Å². The Morgan fingerprint density at radius 3 is 1.03 bits per heavy atom. The van der Waals surface area contributed by atoms with Crippen molar-refractivity contribution in [3.8, 4) is 0 Å². The number of amides is 4. The van der Waals surface area contributed by atoms with E-state index < -0.39 is 66.3 Å². The summed E-state index contributed by atoms with van der Waals surface area (Å²) in [4.78, 5) is 77.5. The van der Waals surface area contributed by atoms with Crippen molar-refractivity contribution in [3.05, 3.63) is 0 Å². The normalized spacial score (nSPS) is 13.9. The Kier molecular flexibility index (Phi) is 76.6. The summed E-state index contributed by atoms with van der Waals surface area (Å²) in [6.45, 7) is 8.92. The molecule has 20 nitrogen and oxygen atoms in total. The third-order valence-corrected chi connectivity index (χ3v) is 18.7. The van der Waals surface area contributed by atoms with Crippen LogP contribution in [0.3, 0.4) is 0 Å². The molecule has 0 aliphatic rings. The molecule has 0 aromatic rings. The first-order chi connectivity index (χ1) is 45.1. The summed E-state index contributed by atoms with van der Waals surface area (Å²) in [5.41, 5.74) is 0. The van der Waals surface area contributed by atoms with E-state index in [1.54, 1.807) is 0 Å². The number of aliphatic hydroxyl groups excluding tert-OH is 1. The molecule has 5 N–H and O–H groups in total. The number of ether oxygens (including phenoxy) is 3. The minimum atomic E-state index is -4.94. The fourth-order valence-corrected chi connectivity index (χ4v) is 12.5. The number of unbranched alkanes of at least 4 members (excludes halogenated alkanes) is 36. The van der Waals surface area contributed by atoms with Gasteiger partial charge in [-0.3, -0.25) is 23.5 Å². The Labute approximate surface area is 623 Å². The van der Waals surface area contributed by atoms with Crippen molar-refractivity contribution in [2.75, 3.05) is 65.9 Å². The van der Waals surface area contributed by atoms with E-state index in [1.165, 1.54) is 135 Å². The maximum absolute atomic E-state index is 13.2. The monoisotopic (exact) mass is 1410 g/mol. The molecule has 0 saturated carbocycles. The third kappa shape index (κ3) is 72.0. The van der Waals surface area contributed by atoms with E-state index in [4.69, 9.17) is 32.3 Å². The van der Waals surface area contributed by atoms with Gasteiger partial charge in [0.05, 0.1) is 64.4 Å². The first-order valence-electron chi connectivity index (χ1n) is 37.9. The standard InChI is InChI=1S/C71H142N4O16P2.2Na/c1-6-11-16-21-24-27-29-32-34-39-44-49-68(77)74-64(60-85-56-52-66(76)47-42-37-19-14-9-4)62-89-92(81,82)87-58-54-72-71(80)73-55-59-88-93(83,84)90-63-65(75-69(78)50-45-40-35-33-30-28-25-22-17-12-7-2)61-86-57-53-67(48-43-38-20-15-10-5)91-70(79)51-46-41-36-31-26-23-18-13-8-3;;/h64-67,76H,6-63H2,1-5H3,(H,74,77)(H,75,78)(H,81,82)(H,83,84)(H2,72,73,80);;/q;2*+1/p-2/t64-,65+,66+,67+;;/m0../s1. The van der Waals surface area contributed by atoms with Crippen molar-refractivity contribution in [2.45, 2.75) is 367 Å². The van der Waals surface area contributed by atoms with E-state index in [0.717, 1.165) is 122 Å². The van der Waals surface area contributed by atoms with E-state index in [1.807, 2.05) is 0 Å². The van der Waals surface area contributed by atoms with Gasteiger partial charge in [0.15, 0.2) is 0 Å². The second-order valence-electron chi connectivity index (χ2n) is 25.9. The van der Waals surface area contributed by atoms with Gasteiger partial charge in [-0.25, -0.2) is 4.79 Å². The van der Waals surface area contributed by atoms with Crippen molar-refractivity contribution in [1.29, 1.82) is 0 Å². The zero-order chi connectivity index (χ0) is 68.4. The fraction of sp³-hybridized carbons (Fsp3) is 0.944. The van der Waals surface area contributed by atoms with Gasteiger partial charge in [0.1, 0.15) is 6.10 Å². The van der Waals surface area contributed by atoms with Crippen LogP contribution in [0.1, 0.15) is 343 Å².